The van der Waals surface area contributed by atoms with E-state index in [4.69, 9.17) is 9.47 Å². The first-order valence-electron chi connectivity index (χ1n) is 5.46. The average Bonchev–Trinajstić information content (AvgIpc) is 2.61. The van der Waals surface area contributed by atoms with Crippen LogP contribution < -0.4 is 5.32 Å². The van der Waals surface area contributed by atoms with Crippen LogP contribution in [0.25, 0.3) is 0 Å². The normalized spacial score (nSPS) is 33.0. The summed E-state index contributed by atoms with van der Waals surface area (Å²) in [5.41, 5.74) is 0. The molecule has 0 unspecified atom stereocenters. The Kier molecular flexibility index (Phi) is 3.56. The molecular weight excluding hydrogens is 196 g/mol. The first-order chi connectivity index (χ1) is 7.25. The lowest BCUT2D eigenvalue weighted by atomic mass is 10.2. The van der Waals surface area contributed by atoms with Crippen LogP contribution in [0.3, 0.4) is 0 Å². The zero-order chi connectivity index (χ0) is 10.7. The van der Waals surface area contributed by atoms with E-state index in [1.165, 1.54) is 0 Å². The van der Waals surface area contributed by atoms with E-state index in [0.717, 1.165) is 32.7 Å². The number of rotatable bonds is 3. The Labute approximate surface area is 89.7 Å². The van der Waals surface area contributed by atoms with Crippen molar-refractivity contribution in [1.29, 1.82) is 0 Å². The molecule has 0 aromatic rings. The molecule has 86 valence electrons. The quantitative estimate of drug-likeness (QED) is 0.625. The lowest BCUT2D eigenvalue weighted by Crippen LogP contribution is -2.47. The minimum Gasteiger partial charge on any atom is -0.464 e. The number of esters is 1. The summed E-state index contributed by atoms with van der Waals surface area (Å²) in [6, 6.07) is -0.124. The smallest absolute Gasteiger partial charge is 0.323 e. The van der Waals surface area contributed by atoms with Crippen LogP contribution in [-0.2, 0) is 14.3 Å². The number of carbonyl (C=O) groups excluding carboxylic acids is 1. The monoisotopic (exact) mass is 214 g/mol. The number of hydrogen-bond acceptors (Lipinski definition) is 5. The molecule has 0 saturated carbocycles. The highest BCUT2D eigenvalue weighted by molar-refractivity contribution is 5.77. The Balaban J connectivity index is 1.70. The summed E-state index contributed by atoms with van der Waals surface area (Å²) in [6.07, 6.45) is 0.971. The van der Waals surface area contributed by atoms with E-state index < -0.39 is 0 Å². The third-order valence-electron chi connectivity index (χ3n) is 2.87. The molecule has 2 saturated heterocycles. The van der Waals surface area contributed by atoms with E-state index in [-0.39, 0.29) is 18.1 Å². The zero-order valence-corrected chi connectivity index (χ0v) is 9.07. The van der Waals surface area contributed by atoms with Gasteiger partial charge in [0.05, 0.1) is 19.3 Å². The summed E-state index contributed by atoms with van der Waals surface area (Å²) in [5.74, 6) is -0.126. The molecule has 5 heteroatoms. The van der Waals surface area contributed by atoms with Crippen molar-refractivity contribution in [3.63, 3.8) is 0 Å². The fourth-order valence-electron chi connectivity index (χ4n) is 1.95. The van der Waals surface area contributed by atoms with Gasteiger partial charge < -0.3 is 19.7 Å². The summed E-state index contributed by atoms with van der Waals surface area (Å²) in [7, 11) is 2.08. The van der Waals surface area contributed by atoms with Crippen molar-refractivity contribution in [3.8, 4) is 0 Å². The highest BCUT2D eigenvalue weighted by Crippen LogP contribution is 2.07. The zero-order valence-electron chi connectivity index (χ0n) is 9.07. The van der Waals surface area contributed by atoms with Crippen LogP contribution in [0.1, 0.15) is 6.42 Å². The van der Waals surface area contributed by atoms with E-state index in [0.29, 0.717) is 6.61 Å². The number of ether oxygens (including phenoxy) is 2. The highest BCUT2D eigenvalue weighted by Gasteiger charge is 2.27. The number of hydrogen-bond donors (Lipinski definition) is 1. The largest absolute Gasteiger partial charge is 0.464 e. The van der Waals surface area contributed by atoms with Crippen LogP contribution in [0.15, 0.2) is 0 Å². The Morgan fingerprint density at radius 1 is 1.53 bits per heavy atom. The molecule has 0 spiro atoms. The van der Waals surface area contributed by atoms with Crippen molar-refractivity contribution < 1.29 is 14.3 Å². The third kappa shape index (κ3) is 2.90. The molecule has 2 rings (SSSR count). The van der Waals surface area contributed by atoms with E-state index in [1.807, 2.05) is 0 Å². The van der Waals surface area contributed by atoms with Crippen LogP contribution in [0, 0.1) is 0 Å². The van der Waals surface area contributed by atoms with Gasteiger partial charge >= 0.3 is 5.97 Å². The van der Waals surface area contributed by atoms with E-state index in [9.17, 15) is 4.79 Å². The second kappa shape index (κ2) is 4.92. The molecule has 0 radical (unpaired) electrons. The molecule has 2 aliphatic heterocycles. The van der Waals surface area contributed by atoms with Gasteiger partial charge in [-0.25, -0.2) is 0 Å². The molecule has 5 nitrogen and oxygen atoms in total. The van der Waals surface area contributed by atoms with Crippen LogP contribution in [0.2, 0.25) is 0 Å². The first kappa shape index (κ1) is 10.9. The Morgan fingerprint density at radius 2 is 2.40 bits per heavy atom. The maximum atomic E-state index is 11.2. The lowest BCUT2D eigenvalue weighted by molar-refractivity contribution is -0.139. The molecule has 0 aromatic heterocycles. The maximum Gasteiger partial charge on any atom is 0.323 e. The number of carbonyl (C=O) groups is 1. The average molecular weight is 214 g/mol. The van der Waals surface area contributed by atoms with Crippen molar-refractivity contribution >= 4 is 5.97 Å². The molecule has 2 atom stereocenters. The molecule has 1 N–H and O–H groups in total. The number of nitrogens with zero attached hydrogens (tertiary/aromatic N) is 1. The number of nitrogens with one attached hydrogen (secondary N) is 1. The van der Waals surface area contributed by atoms with Crippen LogP contribution >= 0.6 is 0 Å². The summed E-state index contributed by atoms with van der Waals surface area (Å²) < 4.78 is 10.5. The van der Waals surface area contributed by atoms with Gasteiger partial charge in [0.1, 0.15) is 6.04 Å². The predicted molar refractivity (Wildman–Crippen MR) is 54.6 cm³/mol. The van der Waals surface area contributed by atoms with Gasteiger partial charge in [0.15, 0.2) is 0 Å². The van der Waals surface area contributed by atoms with Crippen molar-refractivity contribution in [2.24, 2.45) is 0 Å². The fourth-order valence-corrected chi connectivity index (χ4v) is 1.95. The van der Waals surface area contributed by atoms with Crippen molar-refractivity contribution in [1.82, 2.24) is 10.2 Å². The van der Waals surface area contributed by atoms with Gasteiger partial charge in [-0.05, 0) is 7.05 Å². The highest BCUT2D eigenvalue weighted by atomic mass is 16.5. The van der Waals surface area contributed by atoms with Gasteiger partial charge in [0.25, 0.3) is 0 Å². The molecular formula is C10H18N2O3. The molecule has 2 heterocycles. The van der Waals surface area contributed by atoms with Gasteiger partial charge in [-0.3, -0.25) is 4.79 Å². The Morgan fingerprint density at radius 3 is 3.07 bits per heavy atom. The molecule has 0 amide bonds. The van der Waals surface area contributed by atoms with Gasteiger partial charge in [-0.2, -0.15) is 0 Å². The first-order valence-corrected chi connectivity index (χ1v) is 5.46. The van der Waals surface area contributed by atoms with E-state index in [2.05, 4.69) is 17.3 Å². The summed E-state index contributed by atoms with van der Waals surface area (Å²) in [5, 5.41) is 3.20. The van der Waals surface area contributed by atoms with Gasteiger partial charge in [-0.15, -0.1) is 0 Å². The number of morpholine rings is 1. The van der Waals surface area contributed by atoms with Crippen LogP contribution in [0.5, 0.6) is 0 Å². The van der Waals surface area contributed by atoms with E-state index in [1.54, 1.807) is 0 Å². The van der Waals surface area contributed by atoms with Gasteiger partial charge in [0, 0.05) is 26.1 Å². The standard InChI is InChI=1S/C10H18N2O3/c1-12-3-5-14-8(7-12)6-11-9-2-4-15-10(9)13/h8-9,11H,2-7H2,1H3/t8-,9+/m1/s1. The number of likely N-dealkylation sites (N-methyl/N-ethyl adjacent to an activating group) is 1. The van der Waals surface area contributed by atoms with Crippen molar-refractivity contribution in [2.75, 3.05) is 39.9 Å². The van der Waals surface area contributed by atoms with Crippen molar-refractivity contribution in [3.05, 3.63) is 0 Å². The fraction of sp³-hybridized carbons (Fsp3) is 0.900. The second-order valence-electron chi connectivity index (χ2n) is 4.17. The van der Waals surface area contributed by atoms with Crippen LogP contribution in [0.4, 0.5) is 0 Å². The second-order valence-corrected chi connectivity index (χ2v) is 4.17. The van der Waals surface area contributed by atoms with Gasteiger partial charge in [0.2, 0.25) is 0 Å². The Bertz CT molecular complexity index is 235. The van der Waals surface area contributed by atoms with Gasteiger partial charge in [-0.1, -0.05) is 0 Å². The maximum absolute atomic E-state index is 11.2. The molecule has 0 aromatic carbocycles. The predicted octanol–water partition coefficient (Wildman–Crippen LogP) is -0.778. The Hall–Kier alpha value is -0.650. The number of cyclic esters (lactones) is 1. The summed E-state index contributed by atoms with van der Waals surface area (Å²) in [4.78, 5) is 13.4. The van der Waals surface area contributed by atoms with Crippen LogP contribution in [-0.4, -0.2) is 62.9 Å². The molecule has 0 aliphatic carbocycles. The van der Waals surface area contributed by atoms with Crippen molar-refractivity contribution in [2.45, 2.75) is 18.6 Å². The SMILES string of the molecule is CN1CCO[C@H](CN[C@H]2CCOC2=O)C1. The minimum absolute atomic E-state index is 0.124. The van der Waals surface area contributed by atoms with E-state index >= 15 is 0 Å². The third-order valence-corrected chi connectivity index (χ3v) is 2.87. The summed E-state index contributed by atoms with van der Waals surface area (Å²) in [6.45, 7) is 3.96. The molecule has 15 heavy (non-hydrogen) atoms. The topological polar surface area (TPSA) is 50.8 Å². The molecule has 2 aliphatic rings. The molecule has 0 bridgehead atoms. The lowest BCUT2D eigenvalue weighted by Gasteiger charge is -2.30. The minimum atomic E-state index is -0.126. The molecule has 2 fully saturated rings. The summed E-state index contributed by atoms with van der Waals surface area (Å²) >= 11 is 0.